The number of carbonyl (C=O) groups is 1. The van der Waals surface area contributed by atoms with Crippen LogP contribution in [0.25, 0.3) is 11.0 Å². The quantitative estimate of drug-likeness (QED) is 0.755. The van der Waals surface area contributed by atoms with Crippen LogP contribution in [-0.2, 0) is 11.3 Å². The zero-order valence-electron chi connectivity index (χ0n) is 14.9. The Morgan fingerprint density at radius 3 is 2.85 bits per heavy atom. The van der Waals surface area contributed by atoms with Crippen LogP contribution in [0.3, 0.4) is 0 Å². The number of hydrogen-bond acceptors (Lipinski definition) is 4. The molecule has 138 valence electrons. The standard InChI is InChI=1S/C21H21N3O3/c25-20(23-13-17-9-5-11-27-17)18-12-16-8-4-10-22-19(16)24(21(18)26)14-15-6-2-1-3-7-15/h1-4,6-8,10,12,17H,5,9,11,13-14H2,(H,23,25)/t17-/m0/s1. The van der Waals surface area contributed by atoms with Crippen molar-refractivity contribution in [3.05, 3.63) is 76.2 Å². The van der Waals surface area contributed by atoms with E-state index in [9.17, 15) is 9.59 Å². The van der Waals surface area contributed by atoms with Gasteiger partial charge in [-0.2, -0.15) is 0 Å². The van der Waals surface area contributed by atoms with Gasteiger partial charge < -0.3 is 10.1 Å². The van der Waals surface area contributed by atoms with Crippen molar-refractivity contribution < 1.29 is 9.53 Å². The lowest BCUT2D eigenvalue weighted by molar-refractivity contribution is 0.0856. The Bertz CT molecular complexity index is 1010. The van der Waals surface area contributed by atoms with Crippen molar-refractivity contribution in [1.29, 1.82) is 0 Å². The number of pyridine rings is 2. The molecule has 1 saturated heterocycles. The molecule has 0 bridgehead atoms. The Labute approximate surface area is 156 Å². The fraction of sp³-hybridized carbons (Fsp3) is 0.286. The molecule has 6 nitrogen and oxygen atoms in total. The van der Waals surface area contributed by atoms with Crippen LogP contribution < -0.4 is 10.9 Å². The number of amides is 1. The molecule has 27 heavy (non-hydrogen) atoms. The molecule has 1 amide bonds. The molecular formula is C21H21N3O3. The number of benzene rings is 1. The highest BCUT2D eigenvalue weighted by atomic mass is 16.5. The van der Waals surface area contributed by atoms with E-state index >= 15 is 0 Å². The lowest BCUT2D eigenvalue weighted by Gasteiger charge is -2.14. The van der Waals surface area contributed by atoms with Crippen molar-refractivity contribution in [1.82, 2.24) is 14.9 Å². The van der Waals surface area contributed by atoms with Crippen molar-refractivity contribution in [2.75, 3.05) is 13.2 Å². The fourth-order valence-electron chi connectivity index (χ4n) is 3.39. The summed E-state index contributed by atoms with van der Waals surface area (Å²) in [5.41, 5.74) is 1.34. The Morgan fingerprint density at radius 1 is 1.22 bits per heavy atom. The van der Waals surface area contributed by atoms with E-state index in [0.29, 0.717) is 18.7 Å². The number of ether oxygens (including phenoxy) is 1. The van der Waals surface area contributed by atoms with Crippen molar-refractivity contribution >= 4 is 16.9 Å². The van der Waals surface area contributed by atoms with Gasteiger partial charge in [-0.25, -0.2) is 4.98 Å². The maximum atomic E-state index is 13.1. The Balaban J connectivity index is 1.69. The van der Waals surface area contributed by atoms with Crippen LogP contribution in [0.2, 0.25) is 0 Å². The van der Waals surface area contributed by atoms with Gasteiger partial charge in [0.15, 0.2) is 0 Å². The SMILES string of the molecule is O=C(NC[C@@H]1CCCO1)c1cc2cccnc2n(Cc2ccccc2)c1=O. The van der Waals surface area contributed by atoms with Crippen molar-refractivity contribution in [3.8, 4) is 0 Å². The summed E-state index contributed by atoms with van der Waals surface area (Å²) in [7, 11) is 0. The smallest absolute Gasteiger partial charge is 0.265 e. The lowest BCUT2D eigenvalue weighted by Crippen LogP contribution is -2.37. The average molecular weight is 363 g/mol. The lowest BCUT2D eigenvalue weighted by atomic mass is 10.1. The summed E-state index contributed by atoms with van der Waals surface area (Å²) in [5.74, 6) is -0.372. The van der Waals surface area contributed by atoms with Gasteiger partial charge in [0.25, 0.3) is 11.5 Å². The Hall–Kier alpha value is -2.99. The fourth-order valence-corrected chi connectivity index (χ4v) is 3.39. The van der Waals surface area contributed by atoms with Gasteiger partial charge >= 0.3 is 0 Å². The summed E-state index contributed by atoms with van der Waals surface area (Å²) in [5, 5.41) is 3.60. The van der Waals surface area contributed by atoms with E-state index < -0.39 is 0 Å². The molecule has 0 aliphatic carbocycles. The third kappa shape index (κ3) is 3.75. The van der Waals surface area contributed by atoms with E-state index in [2.05, 4.69) is 10.3 Å². The molecule has 0 unspecified atom stereocenters. The van der Waals surface area contributed by atoms with Gasteiger partial charge in [-0.1, -0.05) is 30.3 Å². The van der Waals surface area contributed by atoms with Gasteiger partial charge in [0.05, 0.1) is 12.6 Å². The van der Waals surface area contributed by atoms with E-state index in [1.54, 1.807) is 22.9 Å². The first kappa shape index (κ1) is 17.4. The van der Waals surface area contributed by atoms with E-state index in [-0.39, 0.29) is 23.1 Å². The number of hydrogen-bond donors (Lipinski definition) is 1. The third-order valence-electron chi connectivity index (χ3n) is 4.79. The molecule has 1 N–H and O–H groups in total. The molecule has 2 aromatic heterocycles. The first-order valence-corrected chi connectivity index (χ1v) is 9.14. The maximum absolute atomic E-state index is 13.1. The summed E-state index contributed by atoms with van der Waals surface area (Å²) in [6.07, 6.45) is 3.62. The monoisotopic (exact) mass is 363 g/mol. The molecule has 1 aromatic carbocycles. The second-order valence-corrected chi connectivity index (χ2v) is 6.70. The van der Waals surface area contributed by atoms with Crippen molar-refractivity contribution in [3.63, 3.8) is 0 Å². The van der Waals surface area contributed by atoms with Gasteiger partial charge in [0, 0.05) is 24.7 Å². The van der Waals surface area contributed by atoms with Gasteiger partial charge in [-0.3, -0.25) is 14.2 Å². The Kier molecular flexibility index (Phi) is 4.98. The molecule has 1 atom stereocenters. The zero-order chi connectivity index (χ0) is 18.6. The minimum absolute atomic E-state index is 0.0302. The van der Waals surface area contributed by atoms with Crippen LogP contribution in [0.4, 0.5) is 0 Å². The van der Waals surface area contributed by atoms with E-state index in [1.165, 1.54) is 0 Å². The molecule has 3 aromatic rings. The number of carbonyl (C=O) groups excluding carboxylic acids is 1. The van der Waals surface area contributed by atoms with Crippen LogP contribution in [0.5, 0.6) is 0 Å². The minimum Gasteiger partial charge on any atom is -0.376 e. The van der Waals surface area contributed by atoms with E-state index in [4.69, 9.17) is 4.74 Å². The van der Waals surface area contributed by atoms with Crippen molar-refractivity contribution in [2.45, 2.75) is 25.5 Å². The zero-order valence-corrected chi connectivity index (χ0v) is 14.9. The summed E-state index contributed by atoms with van der Waals surface area (Å²) < 4.78 is 7.10. The van der Waals surface area contributed by atoms with Gasteiger partial charge in [-0.05, 0) is 36.6 Å². The van der Waals surface area contributed by atoms with Crippen LogP contribution in [-0.4, -0.2) is 34.7 Å². The summed E-state index contributed by atoms with van der Waals surface area (Å²) in [6, 6.07) is 15.0. The predicted octanol–water partition coefficient (Wildman–Crippen LogP) is 2.35. The molecule has 0 radical (unpaired) electrons. The number of rotatable bonds is 5. The maximum Gasteiger partial charge on any atom is 0.265 e. The molecule has 4 rings (SSSR count). The second kappa shape index (κ2) is 7.72. The molecule has 0 spiro atoms. The number of nitrogens with zero attached hydrogens (tertiary/aromatic N) is 2. The topological polar surface area (TPSA) is 73.2 Å². The van der Waals surface area contributed by atoms with Gasteiger partial charge in [0.1, 0.15) is 11.2 Å². The minimum atomic E-state index is -0.372. The van der Waals surface area contributed by atoms with Crippen LogP contribution in [0, 0.1) is 0 Å². The molecule has 1 fully saturated rings. The first-order valence-electron chi connectivity index (χ1n) is 9.14. The van der Waals surface area contributed by atoms with Crippen LogP contribution in [0.15, 0.2) is 59.5 Å². The number of nitrogens with one attached hydrogen (secondary N) is 1. The largest absolute Gasteiger partial charge is 0.376 e. The highest BCUT2D eigenvalue weighted by Gasteiger charge is 2.20. The van der Waals surface area contributed by atoms with Crippen molar-refractivity contribution in [2.24, 2.45) is 0 Å². The number of aromatic nitrogens is 2. The predicted molar refractivity (Wildman–Crippen MR) is 103 cm³/mol. The summed E-state index contributed by atoms with van der Waals surface area (Å²) in [4.78, 5) is 30.1. The normalized spacial score (nSPS) is 16.5. The van der Waals surface area contributed by atoms with Gasteiger partial charge in [-0.15, -0.1) is 0 Å². The average Bonchev–Trinajstić information content (AvgIpc) is 3.22. The molecule has 1 aliphatic heterocycles. The first-order chi connectivity index (χ1) is 13.2. The Morgan fingerprint density at radius 2 is 2.07 bits per heavy atom. The highest BCUT2D eigenvalue weighted by molar-refractivity contribution is 5.96. The highest BCUT2D eigenvalue weighted by Crippen LogP contribution is 2.14. The second-order valence-electron chi connectivity index (χ2n) is 6.70. The van der Waals surface area contributed by atoms with E-state index in [0.717, 1.165) is 30.4 Å². The molecule has 3 heterocycles. The van der Waals surface area contributed by atoms with Gasteiger partial charge in [0.2, 0.25) is 0 Å². The molecule has 6 heteroatoms. The third-order valence-corrected chi connectivity index (χ3v) is 4.79. The van der Waals surface area contributed by atoms with E-state index in [1.807, 2.05) is 36.4 Å². The summed E-state index contributed by atoms with van der Waals surface area (Å²) >= 11 is 0. The molecule has 0 saturated carbocycles. The molecular weight excluding hydrogens is 342 g/mol. The van der Waals surface area contributed by atoms with Crippen LogP contribution in [0.1, 0.15) is 28.8 Å². The summed E-state index contributed by atoms with van der Waals surface area (Å²) in [6.45, 7) is 1.51. The molecule has 1 aliphatic rings. The number of fused-ring (bicyclic) bond motifs is 1. The van der Waals surface area contributed by atoms with Crippen LogP contribution >= 0.6 is 0 Å².